The van der Waals surface area contributed by atoms with Crippen LogP contribution in [0.25, 0.3) is 11.5 Å². The van der Waals surface area contributed by atoms with Crippen LogP contribution in [0.4, 0.5) is 17.6 Å². The summed E-state index contributed by atoms with van der Waals surface area (Å²) >= 11 is 0. The molecule has 0 aliphatic carbocycles. The maximum absolute atomic E-state index is 12.6. The SMILES string of the molecule is Oc1cncc(-c2nc(COCC(F)(F)C(F)F)no2)c1. The summed E-state index contributed by atoms with van der Waals surface area (Å²) in [7, 11) is 0. The van der Waals surface area contributed by atoms with E-state index in [4.69, 9.17) is 4.52 Å². The van der Waals surface area contributed by atoms with Gasteiger partial charge in [0.05, 0.1) is 11.8 Å². The molecular weight excluding hydrogens is 298 g/mol. The number of aromatic nitrogens is 3. The lowest BCUT2D eigenvalue weighted by Crippen LogP contribution is -2.32. The Hall–Kier alpha value is -2.23. The van der Waals surface area contributed by atoms with Crippen LogP contribution in [0.3, 0.4) is 0 Å². The maximum Gasteiger partial charge on any atom is 0.330 e. The molecule has 0 radical (unpaired) electrons. The molecule has 0 spiro atoms. The number of rotatable bonds is 6. The van der Waals surface area contributed by atoms with E-state index in [-0.39, 0.29) is 17.5 Å². The van der Waals surface area contributed by atoms with Gasteiger partial charge >= 0.3 is 12.3 Å². The largest absolute Gasteiger partial charge is 0.506 e. The Morgan fingerprint density at radius 1 is 1.33 bits per heavy atom. The number of nitrogens with zero attached hydrogens (tertiary/aromatic N) is 3. The summed E-state index contributed by atoms with van der Waals surface area (Å²) in [5.41, 5.74) is 0.312. The molecule has 2 aromatic rings. The summed E-state index contributed by atoms with van der Waals surface area (Å²) in [6.07, 6.45) is -1.28. The molecule has 0 aliphatic rings. The minimum atomic E-state index is -4.23. The molecule has 0 aromatic carbocycles. The highest BCUT2D eigenvalue weighted by atomic mass is 19.3. The fourth-order valence-corrected chi connectivity index (χ4v) is 1.32. The van der Waals surface area contributed by atoms with E-state index in [1.807, 2.05) is 0 Å². The summed E-state index contributed by atoms with van der Waals surface area (Å²) < 4.78 is 58.2. The van der Waals surface area contributed by atoms with Crippen LogP contribution in [0.1, 0.15) is 5.82 Å². The van der Waals surface area contributed by atoms with E-state index in [1.165, 1.54) is 18.5 Å². The van der Waals surface area contributed by atoms with Crippen molar-refractivity contribution in [1.82, 2.24) is 15.1 Å². The molecule has 0 fully saturated rings. The number of alkyl halides is 4. The molecule has 10 heteroatoms. The first kappa shape index (κ1) is 15.2. The number of pyridine rings is 1. The molecule has 0 aliphatic heterocycles. The number of hydrogen-bond acceptors (Lipinski definition) is 6. The van der Waals surface area contributed by atoms with E-state index in [1.54, 1.807) is 0 Å². The van der Waals surface area contributed by atoms with Gasteiger partial charge in [0.1, 0.15) is 19.0 Å². The highest BCUT2D eigenvalue weighted by molar-refractivity contribution is 5.53. The third-order valence-electron chi connectivity index (χ3n) is 2.28. The molecule has 2 heterocycles. The first-order chi connectivity index (χ1) is 9.88. The van der Waals surface area contributed by atoms with Gasteiger partial charge in [-0.2, -0.15) is 13.8 Å². The van der Waals surface area contributed by atoms with Crippen molar-refractivity contribution >= 4 is 0 Å². The van der Waals surface area contributed by atoms with Crippen molar-refractivity contribution in [3.05, 3.63) is 24.3 Å². The molecule has 0 saturated heterocycles. The molecule has 0 saturated carbocycles. The molecule has 0 unspecified atom stereocenters. The summed E-state index contributed by atoms with van der Waals surface area (Å²) in [6.45, 7) is -1.97. The van der Waals surface area contributed by atoms with Gasteiger partial charge in [0.25, 0.3) is 5.89 Å². The predicted octanol–water partition coefficient (Wildman–Crippen LogP) is 2.25. The molecule has 114 valence electrons. The average Bonchev–Trinajstić information content (AvgIpc) is 2.87. The zero-order chi connectivity index (χ0) is 15.5. The van der Waals surface area contributed by atoms with Crippen molar-refractivity contribution in [3.8, 4) is 17.2 Å². The topological polar surface area (TPSA) is 81.3 Å². The lowest BCUT2D eigenvalue weighted by molar-refractivity contribution is -0.168. The van der Waals surface area contributed by atoms with Crippen molar-refractivity contribution in [1.29, 1.82) is 0 Å². The Bertz CT molecular complexity index is 606. The van der Waals surface area contributed by atoms with Gasteiger partial charge in [0.15, 0.2) is 5.82 Å². The Kier molecular flexibility index (Phi) is 4.36. The second kappa shape index (κ2) is 6.04. The number of aromatic hydroxyl groups is 1. The highest BCUT2D eigenvalue weighted by Crippen LogP contribution is 2.24. The number of hydrogen-bond donors (Lipinski definition) is 1. The zero-order valence-corrected chi connectivity index (χ0v) is 10.3. The van der Waals surface area contributed by atoms with Gasteiger partial charge in [-0.3, -0.25) is 4.98 Å². The first-order valence-electron chi connectivity index (χ1n) is 5.59. The van der Waals surface area contributed by atoms with Crippen molar-refractivity contribution in [2.24, 2.45) is 0 Å². The summed E-state index contributed by atoms with van der Waals surface area (Å²) in [5, 5.41) is 12.7. The first-order valence-corrected chi connectivity index (χ1v) is 5.59. The molecule has 21 heavy (non-hydrogen) atoms. The summed E-state index contributed by atoms with van der Waals surface area (Å²) in [4.78, 5) is 7.49. The number of halogens is 4. The van der Waals surface area contributed by atoms with Gasteiger partial charge in [-0.1, -0.05) is 5.16 Å². The van der Waals surface area contributed by atoms with E-state index < -0.39 is 25.6 Å². The third kappa shape index (κ3) is 3.88. The lowest BCUT2D eigenvalue weighted by Gasteiger charge is -2.14. The smallest absolute Gasteiger partial charge is 0.330 e. The van der Waals surface area contributed by atoms with Crippen molar-refractivity contribution in [3.63, 3.8) is 0 Å². The van der Waals surface area contributed by atoms with E-state index in [9.17, 15) is 22.7 Å². The molecule has 0 amide bonds. The van der Waals surface area contributed by atoms with Crippen molar-refractivity contribution in [2.75, 3.05) is 6.61 Å². The molecule has 2 rings (SSSR count). The minimum Gasteiger partial charge on any atom is -0.506 e. The van der Waals surface area contributed by atoms with Crippen LogP contribution in [0, 0.1) is 0 Å². The van der Waals surface area contributed by atoms with Crippen LogP contribution >= 0.6 is 0 Å². The Balaban J connectivity index is 1.95. The molecule has 0 bridgehead atoms. The third-order valence-corrected chi connectivity index (χ3v) is 2.28. The van der Waals surface area contributed by atoms with E-state index in [0.29, 0.717) is 5.56 Å². The van der Waals surface area contributed by atoms with E-state index in [2.05, 4.69) is 19.9 Å². The van der Waals surface area contributed by atoms with Gasteiger partial charge in [-0.15, -0.1) is 0 Å². The molecule has 1 N–H and O–H groups in total. The van der Waals surface area contributed by atoms with Gasteiger partial charge in [-0.25, -0.2) is 8.78 Å². The van der Waals surface area contributed by atoms with Crippen LogP contribution < -0.4 is 0 Å². The van der Waals surface area contributed by atoms with Crippen LogP contribution in [0.2, 0.25) is 0 Å². The quantitative estimate of drug-likeness (QED) is 0.824. The Morgan fingerprint density at radius 2 is 2.10 bits per heavy atom. The van der Waals surface area contributed by atoms with Gasteiger partial charge in [0.2, 0.25) is 0 Å². The number of ether oxygens (including phenoxy) is 1. The summed E-state index contributed by atoms with van der Waals surface area (Å²) in [5.74, 6) is -4.47. The maximum atomic E-state index is 12.6. The van der Waals surface area contributed by atoms with Crippen LogP contribution in [0.15, 0.2) is 23.0 Å². The van der Waals surface area contributed by atoms with Crippen LogP contribution in [0.5, 0.6) is 5.75 Å². The fraction of sp³-hybridized carbons (Fsp3) is 0.364. The Morgan fingerprint density at radius 3 is 2.76 bits per heavy atom. The normalized spacial score (nSPS) is 12.0. The van der Waals surface area contributed by atoms with Crippen molar-refractivity contribution < 1.29 is 31.9 Å². The van der Waals surface area contributed by atoms with Crippen LogP contribution in [-0.2, 0) is 11.3 Å². The highest BCUT2D eigenvalue weighted by Gasteiger charge is 2.41. The van der Waals surface area contributed by atoms with Gasteiger partial charge in [-0.05, 0) is 6.07 Å². The fourth-order valence-electron chi connectivity index (χ4n) is 1.32. The molecular formula is C11H9F4N3O3. The molecule has 6 nitrogen and oxygen atoms in total. The Labute approximate surface area is 115 Å². The molecule has 0 atom stereocenters. The average molecular weight is 307 g/mol. The van der Waals surface area contributed by atoms with E-state index >= 15 is 0 Å². The second-order valence-electron chi connectivity index (χ2n) is 4.00. The van der Waals surface area contributed by atoms with Gasteiger partial charge < -0.3 is 14.4 Å². The summed E-state index contributed by atoms with van der Waals surface area (Å²) in [6, 6.07) is 1.30. The monoisotopic (exact) mass is 307 g/mol. The second-order valence-corrected chi connectivity index (χ2v) is 4.00. The van der Waals surface area contributed by atoms with Crippen molar-refractivity contribution in [2.45, 2.75) is 19.0 Å². The molecule has 2 aromatic heterocycles. The minimum absolute atomic E-state index is 0.0161. The predicted molar refractivity (Wildman–Crippen MR) is 59.8 cm³/mol. The van der Waals surface area contributed by atoms with Crippen LogP contribution in [-0.4, -0.2) is 39.2 Å². The lowest BCUT2D eigenvalue weighted by atomic mass is 10.3. The van der Waals surface area contributed by atoms with E-state index in [0.717, 1.165) is 0 Å². The standard InChI is InChI=1S/C11H9F4N3O3/c12-10(13)11(14,15)5-20-4-8-17-9(21-18-8)6-1-7(19)3-16-2-6/h1-3,10,19H,4-5H2. The zero-order valence-electron chi connectivity index (χ0n) is 10.3. The van der Waals surface area contributed by atoms with Gasteiger partial charge in [0, 0.05) is 6.20 Å².